The van der Waals surface area contributed by atoms with Gasteiger partial charge in [0.15, 0.2) is 0 Å². The smallest absolute Gasteiger partial charge is 0.252 e. The molecule has 0 saturated carbocycles. The van der Waals surface area contributed by atoms with Gasteiger partial charge in [-0.05, 0) is 25.0 Å². The molecule has 0 aromatic carbocycles. The van der Waals surface area contributed by atoms with Crippen LogP contribution in [0.3, 0.4) is 0 Å². The van der Waals surface area contributed by atoms with E-state index >= 15 is 0 Å². The third-order valence-electron chi connectivity index (χ3n) is 3.13. The molecule has 20 heavy (non-hydrogen) atoms. The second kappa shape index (κ2) is 6.89. The van der Waals surface area contributed by atoms with Gasteiger partial charge in [-0.25, -0.2) is 8.42 Å². The molecule has 1 fully saturated rings. The van der Waals surface area contributed by atoms with Gasteiger partial charge >= 0.3 is 0 Å². The topological polar surface area (TPSA) is 66.5 Å². The minimum Gasteiger partial charge on any atom is -0.350 e. The highest BCUT2D eigenvalue weighted by Gasteiger charge is 2.27. The lowest BCUT2D eigenvalue weighted by Crippen LogP contribution is -2.35. The fourth-order valence-corrected chi connectivity index (χ4v) is 5.12. The first-order chi connectivity index (χ1) is 9.54. The molecule has 1 N–H and O–H groups in total. The first-order valence-corrected chi connectivity index (χ1v) is 9.24. The van der Waals surface area contributed by atoms with Gasteiger partial charge in [0, 0.05) is 18.0 Å². The SMILES string of the molecule is O=C(CCl)NCc1ccc(S(=O)(=O)N2CCCCC2)s1. The van der Waals surface area contributed by atoms with Crippen molar-refractivity contribution >= 4 is 38.9 Å². The highest BCUT2D eigenvalue weighted by molar-refractivity contribution is 7.91. The molecular weight excluding hydrogens is 320 g/mol. The van der Waals surface area contributed by atoms with Crippen LogP contribution in [-0.4, -0.2) is 37.6 Å². The molecule has 0 aliphatic carbocycles. The van der Waals surface area contributed by atoms with Crippen LogP contribution in [0.25, 0.3) is 0 Å². The number of amides is 1. The number of rotatable bonds is 5. The lowest BCUT2D eigenvalue weighted by molar-refractivity contribution is -0.118. The molecule has 112 valence electrons. The Morgan fingerprint density at radius 2 is 2.00 bits per heavy atom. The standard InChI is InChI=1S/C12H17ClN2O3S2/c13-8-11(16)14-9-10-4-5-12(19-10)20(17,18)15-6-2-1-3-7-15/h4-5H,1-3,6-9H2,(H,14,16). The Bertz CT molecular complexity index is 565. The fraction of sp³-hybridized carbons (Fsp3) is 0.583. The maximum absolute atomic E-state index is 12.4. The molecule has 2 heterocycles. The third kappa shape index (κ3) is 3.72. The van der Waals surface area contributed by atoms with Crippen molar-refractivity contribution in [3.63, 3.8) is 0 Å². The van der Waals surface area contributed by atoms with Crippen LogP contribution in [-0.2, 0) is 21.4 Å². The highest BCUT2D eigenvalue weighted by Crippen LogP contribution is 2.26. The van der Waals surface area contributed by atoms with Crippen molar-refractivity contribution in [2.45, 2.75) is 30.0 Å². The summed E-state index contributed by atoms with van der Waals surface area (Å²) in [5.74, 6) is -0.356. The lowest BCUT2D eigenvalue weighted by Gasteiger charge is -2.25. The van der Waals surface area contributed by atoms with E-state index in [0.717, 1.165) is 24.1 Å². The van der Waals surface area contributed by atoms with E-state index < -0.39 is 10.0 Å². The van der Waals surface area contributed by atoms with Crippen molar-refractivity contribution in [3.8, 4) is 0 Å². The van der Waals surface area contributed by atoms with Gasteiger partial charge in [-0.1, -0.05) is 6.42 Å². The van der Waals surface area contributed by atoms with Crippen LogP contribution in [0.1, 0.15) is 24.1 Å². The van der Waals surface area contributed by atoms with Crippen molar-refractivity contribution in [2.24, 2.45) is 0 Å². The van der Waals surface area contributed by atoms with Gasteiger partial charge in [0.05, 0.1) is 6.54 Å². The molecule has 0 bridgehead atoms. The zero-order valence-electron chi connectivity index (χ0n) is 11.0. The monoisotopic (exact) mass is 336 g/mol. The van der Waals surface area contributed by atoms with Crippen LogP contribution in [0, 0.1) is 0 Å². The molecule has 1 amide bonds. The van der Waals surface area contributed by atoms with Gasteiger partial charge in [-0.2, -0.15) is 4.31 Å². The minimum absolute atomic E-state index is 0.0929. The quantitative estimate of drug-likeness (QED) is 0.833. The number of thiophene rings is 1. The van der Waals surface area contributed by atoms with Gasteiger partial charge in [0.1, 0.15) is 10.1 Å². The number of nitrogens with one attached hydrogen (secondary N) is 1. The van der Waals surface area contributed by atoms with Crippen LogP contribution in [0.15, 0.2) is 16.3 Å². The Hall–Kier alpha value is -0.630. The van der Waals surface area contributed by atoms with E-state index in [1.54, 1.807) is 16.4 Å². The number of piperidine rings is 1. The predicted molar refractivity (Wildman–Crippen MR) is 79.5 cm³/mol. The van der Waals surface area contributed by atoms with Crippen molar-refractivity contribution in [3.05, 3.63) is 17.0 Å². The number of carbonyl (C=O) groups excluding carboxylic acids is 1. The highest BCUT2D eigenvalue weighted by atomic mass is 35.5. The zero-order valence-corrected chi connectivity index (χ0v) is 13.4. The van der Waals surface area contributed by atoms with E-state index in [9.17, 15) is 13.2 Å². The molecule has 5 nitrogen and oxygen atoms in total. The second-order valence-electron chi connectivity index (χ2n) is 4.60. The van der Waals surface area contributed by atoms with E-state index in [1.807, 2.05) is 0 Å². The minimum atomic E-state index is -3.37. The van der Waals surface area contributed by atoms with Crippen molar-refractivity contribution < 1.29 is 13.2 Å². The van der Waals surface area contributed by atoms with Crippen molar-refractivity contribution in [2.75, 3.05) is 19.0 Å². The van der Waals surface area contributed by atoms with Crippen LogP contribution >= 0.6 is 22.9 Å². The van der Waals surface area contributed by atoms with E-state index in [1.165, 1.54) is 11.3 Å². The first-order valence-electron chi connectivity index (χ1n) is 6.45. The molecule has 2 rings (SSSR count). The number of nitrogens with zero attached hydrogens (tertiary/aromatic N) is 1. The van der Waals surface area contributed by atoms with E-state index in [-0.39, 0.29) is 11.8 Å². The summed E-state index contributed by atoms with van der Waals surface area (Å²) in [5, 5.41) is 2.62. The van der Waals surface area contributed by atoms with Gasteiger partial charge in [-0.3, -0.25) is 4.79 Å². The number of carbonyl (C=O) groups is 1. The average Bonchev–Trinajstić information content (AvgIpc) is 2.95. The molecule has 8 heteroatoms. The first kappa shape index (κ1) is 15.8. The van der Waals surface area contributed by atoms with Gasteiger partial charge in [-0.15, -0.1) is 22.9 Å². The molecule has 0 unspecified atom stereocenters. The average molecular weight is 337 g/mol. The summed E-state index contributed by atoms with van der Waals surface area (Å²) in [6.45, 7) is 1.50. The van der Waals surface area contributed by atoms with Gasteiger partial charge < -0.3 is 5.32 Å². The number of sulfonamides is 1. The molecule has 1 saturated heterocycles. The van der Waals surface area contributed by atoms with Gasteiger partial charge in [0.25, 0.3) is 10.0 Å². The molecule has 1 aliphatic rings. The maximum Gasteiger partial charge on any atom is 0.252 e. The van der Waals surface area contributed by atoms with E-state index in [0.29, 0.717) is 23.8 Å². The summed E-state index contributed by atoms with van der Waals surface area (Å²) in [7, 11) is -3.37. The number of halogens is 1. The summed E-state index contributed by atoms with van der Waals surface area (Å²) in [6.07, 6.45) is 2.93. The Morgan fingerprint density at radius 1 is 1.30 bits per heavy atom. The summed E-state index contributed by atoms with van der Waals surface area (Å²) in [4.78, 5) is 11.9. The zero-order chi connectivity index (χ0) is 14.6. The Labute approximate surface area is 128 Å². The van der Waals surface area contributed by atoms with E-state index in [2.05, 4.69) is 5.32 Å². The summed E-state index contributed by atoms with van der Waals surface area (Å²) < 4.78 is 26.7. The Morgan fingerprint density at radius 3 is 2.65 bits per heavy atom. The van der Waals surface area contributed by atoms with Crippen LogP contribution in [0.2, 0.25) is 0 Å². The molecular formula is C12H17ClN2O3S2. The van der Waals surface area contributed by atoms with Crippen LogP contribution in [0.5, 0.6) is 0 Å². The maximum atomic E-state index is 12.4. The summed E-state index contributed by atoms with van der Waals surface area (Å²) >= 11 is 6.58. The fourth-order valence-electron chi connectivity index (χ4n) is 2.06. The predicted octanol–water partition coefficient (Wildman–Crippen LogP) is 1.78. The summed E-state index contributed by atoms with van der Waals surface area (Å²) in [5.41, 5.74) is 0. The number of hydrogen-bond acceptors (Lipinski definition) is 4. The molecule has 1 aliphatic heterocycles. The van der Waals surface area contributed by atoms with Crippen molar-refractivity contribution in [1.82, 2.24) is 9.62 Å². The van der Waals surface area contributed by atoms with Crippen LogP contribution < -0.4 is 5.32 Å². The normalized spacial score (nSPS) is 17.1. The summed E-state index contributed by atoms with van der Waals surface area (Å²) in [6, 6.07) is 3.34. The molecule has 0 atom stereocenters. The van der Waals surface area contributed by atoms with E-state index in [4.69, 9.17) is 11.6 Å². The molecule has 1 aromatic heterocycles. The number of hydrogen-bond donors (Lipinski definition) is 1. The van der Waals surface area contributed by atoms with Crippen LogP contribution in [0.4, 0.5) is 0 Å². The molecule has 0 spiro atoms. The second-order valence-corrected chi connectivity index (χ2v) is 8.20. The Balaban J connectivity index is 2.05. The third-order valence-corrected chi connectivity index (χ3v) is 6.82. The number of alkyl halides is 1. The largest absolute Gasteiger partial charge is 0.350 e. The Kier molecular flexibility index (Phi) is 5.42. The molecule has 1 aromatic rings. The van der Waals surface area contributed by atoms with Gasteiger partial charge in [0.2, 0.25) is 5.91 Å². The van der Waals surface area contributed by atoms with Crippen molar-refractivity contribution in [1.29, 1.82) is 0 Å². The lowest BCUT2D eigenvalue weighted by atomic mass is 10.2. The molecule has 0 radical (unpaired) electrons.